The van der Waals surface area contributed by atoms with Gasteiger partial charge in [0, 0.05) is 0 Å². The number of hydrogen-bond acceptors (Lipinski definition) is 7. The van der Waals surface area contributed by atoms with E-state index in [9.17, 15) is 18.0 Å². The lowest BCUT2D eigenvalue weighted by Crippen LogP contribution is -2.26. The van der Waals surface area contributed by atoms with Gasteiger partial charge in [0.1, 0.15) is 5.25 Å². The fourth-order valence-electron chi connectivity index (χ4n) is 2.48. The van der Waals surface area contributed by atoms with Crippen LogP contribution in [-0.2, 0) is 19.4 Å². The minimum atomic E-state index is -3.60. The molecule has 0 spiro atoms. The second-order valence-corrected chi connectivity index (χ2v) is 9.37. The lowest BCUT2D eigenvalue weighted by Gasteiger charge is -2.05. The smallest absolute Gasteiger partial charge is 0.305 e. The molecule has 29 heavy (non-hydrogen) atoms. The van der Waals surface area contributed by atoms with Gasteiger partial charge in [0.15, 0.2) is 5.17 Å². The fraction of sp³-hybridized carbons (Fsp3) is 0.158. The van der Waals surface area contributed by atoms with Crippen molar-refractivity contribution in [3.05, 3.63) is 59.7 Å². The zero-order valence-corrected chi connectivity index (χ0v) is 16.9. The number of carboxylic acid groups (broad SMARTS) is 1. The zero-order valence-electron chi connectivity index (χ0n) is 15.3. The molecule has 1 unspecified atom stereocenters. The van der Waals surface area contributed by atoms with Crippen LogP contribution in [0, 0.1) is 6.92 Å². The Labute approximate surface area is 171 Å². The van der Waals surface area contributed by atoms with E-state index < -0.39 is 27.0 Å². The molecular weight excluding hydrogens is 414 g/mol. The number of aliphatic carboxylic acids is 1. The van der Waals surface area contributed by atoms with Gasteiger partial charge in [-0.15, -0.1) is 5.10 Å². The molecule has 1 heterocycles. The summed E-state index contributed by atoms with van der Waals surface area (Å²) in [7, 11) is -3.60. The van der Waals surface area contributed by atoms with Gasteiger partial charge in [-0.25, -0.2) is 8.42 Å². The minimum Gasteiger partial charge on any atom is -0.481 e. The van der Waals surface area contributed by atoms with Crippen molar-refractivity contribution in [2.75, 3.05) is 0 Å². The standard InChI is InChI=1S/C19H17N3O5S2/c1-12-2-6-14(7-3-12)29(26,27)15-8-4-13(5-9-15)11-20-22-19-21-18(25)16(28-19)10-17(23)24/h2-9,11,16H,10H2,1H3,(H,23,24)(H,21,22,25). The summed E-state index contributed by atoms with van der Waals surface area (Å²) in [6.45, 7) is 1.88. The summed E-state index contributed by atoms with van der Waals surface area (Å²) in [5, 5.41) is 18.4. The molecule has 0 aromatic heterocycles. The number of carbonyl (C=O) groups is 2. The molecule has 1 saturated heterocycles. The van der Waals surface area contributed by atoms with Crippen molar-refractivity contribution in [3.8, 4) is 0 Å². The number of nitrogens with zero attached hydrogens (tertiary/aromatic N) is 2. The summed E-state index contributed by atoms with van der Waals surface area (Å²) in [6, 6.07) is 12.8. The molecule has 1 aliphatic rings. The van der Waals surface area contributed by atoms with Gasteiger partial charge >= 0.3 is 5.97 Å². The highest BCUT2D eigenvalue weighted by molar-refractivity contribution is 8.15. The Balaban J connectivity index is 1.69. The predicted molar refractivity (Wildman–Crippen MR) is 110 cm³/mol. The summed E-state index contributed by atoms with van der Waals surface area (Å²) in [5.74, 6) is -1.49. The van der Waals surface area contributed by atoms with Gasteiger partial charge in [0.2, 0.25) is 15.7 Å². The SMILES string of the molecule is Cc1ccc(S(=O)(=O)c2ccc(C=NN=C3NC(=O)C(CC(=O)O)S3)cc2)cc1. The molecule has 2 aromatic carbocycles. The van der Waals surface area contributed by atoms with Gasteiger partial charge in [-0.05, 0) is 36.8 Å². The van der Waals surface area contributed by atoms with E-state index in [0.29, 0.717) is 5.56 Å². The van der Waals surface area contributed by atoms with Crippen molar-refractivity contribution < 1.29 is 23.1 Å². The van der Waals surface area contributed by atoms with E-state index in [0.717, 1.165) is 17.3 Å². The Morgan fingerprint density at radius 2 is 1.72 bits per heavy atom. The lowest BCUT2D eigenvalue weighted by atomic mass is 10.2. The molecule has 0 saturated carbocycles. The lowest BCUT2D eigenvalue weighted by molar-refractivity contribution is -0.138. The van der Waals surface area contributed by atoms with Gasteiger partial charge in [0.05, 0.1) is 22.4 Å². The van der Waals surface area contributed by atoms with E-state index in [1.165, 1.54) is 18.3 Å². The van der Waals surface area contributed by atoms with Crippen molar-refractivity contribution >= 4 is 44.9 Å². The van der Waals surface area contributed by atoms with Gasteiger partial charge in [-0.3, -0.25) is 9.59 Å². The van der Waals surface area contributed by atoms with Crippen LogP contribution in [0.2, 0.25) is 0 Å². The number of sulfone groups is 1. The number of hydrogen-bond donors (Lipinski definition) is 2. The molecule has 2 aromatic rings. The number of benzene rings is 2. The first-order valence-electron chi connectivity index (χ1n) is 8.48. The zero-order chi connectivity index (χ0) is 21.0. The summed E-state index contributed by atoms with van der Waals surface area (Å²) < 4.78 is 25.3. The summed E-state index contributed by atoms with van der Waals surface area (Å²) in [4.78, 5) is 22.7. The van der Waals surface area contributed by atoms with E-state index in [-0.39, 0.29) is 21.4 Å². The van der Waals surface area contributed by atoms with Crippen molar-refractivity contribution in [1.29, 1.82) is 0 Å². The maximum Gasteiger partial charge on any atom is 0.305 e. The highest BCUT2D eigenvalue weighted by Crippen LogP contribution is 2.23. The van der Waals surface area contributed by atoms with Gasteiger partial charge < -0.3 is 10.4 Å². The number of rotatable bonds is 6. The van der Waals surface area contributed by atoms with E-state index in [1.54, 1.807) is 36.4 Å². The maximum absolute atomic E-state index is 12.6. The van der Waals surface area contributed by atoms with Crippen molar-refractivity contribution in [2.24, 2.45) is 10.2 Å². The van der Waals surface area contributed by atoms with Crippen LogP contribution in [0.15, 0.2) is 68.5 Å². The molecular formula is C19H17N3O5S2. The van der Waals surface area contributed by atoms with Gasteiger partial charge in [-0.1, -0.05) is 41.6 Å². The summed E-state index contributed by atoms with van der Waals surface area (Å²) in [6.07, 6.45) is 1.11. The molecule has 1 fully saturated rings. The third-order valence-corrected chi connectivity index (χ3v) is 6.87. The van der Waals surface area contributed by atoms with Crippen molar-refractivity contribution in [2.45, 2.75) is 28.4 Å². The molecule has 10 heteroatoms. The molecule has 2 N–H and O–H groups in total. The Morgan fingerprint density at radius 3 is 2.31 bits per heavy atom. The number of amides is 1. The van der Waals surface area contributed by atoms with Crippen LogP contribution in [0.1, 0.15) is 17.5 Å². The normalized spacial score (nSPS) is 18.3. The average Bonchev–Trinajstić information content (AvgIpc) is 3.01. The molecule has 150 valence electrons. The summed E-state index contributed by atoms with van der Waals surface area (Å²) >= 11 is 1.00. The second kappa shape index (κ2) is 8.58. The average molecular weight is 431 g/mol. The molecule has 3 rings (SSSR count). The molecule has 0 bridgehead atoms. The Bertz CT molecular complexity index is 1090. The first-order valence-corrected chi connectivity index (χ1v) is 10.8. The van der Waals surface area contributed by atoms with Crippen LogP contribution in [0.4, 0.5) is 0 Å². The fourth-order valence-corrected chi connectivity index (χ4v) is 4.66. The monoisotopic (exact) mass is 431 g/mol. The Kier molecular flexibility index (Phi) is 6.14. The number of aryl methyl sites for hydroxylation is 1. The maximum atomic E-state index is 12.6. The molecule has 8 nitrogen and oxygen atoms in total. The third-order valence-electron chi connectivity index (χ3n) is 4.01. The molecule has 1 aliphatic heterocycles. The number of nitrogens with one attached hydrogen (secondary N) is 1. The van der Waals surface area contributed by atoms with Crippen LogP contribution in [0.5, 0.6) is 0 Å². The van der Waals surface area contributed by atoms with Crippen LogP contribution >= 0.6 is 11.8 Å². The van der Waals surface area contributed by atoms with Crippen molar-refractivity contribution in [1.82, 2.24) is 5.32 Å². The number of thioether (sulfide) groups is 1. The largest absolute Gasteiger partial charge is 0.481 e. The molecule has 0 radical (unpaired) electrons. The second-order valence-electron chi connectivity index (χ2n) is 6.23. The first kappa shape index (κ1) is 20.7. The van der Waals surface area contributed by atoms with Gasteiger partial charge in [-0.2, -0.15) is 5.10 Å². The van der Waals surface area contributed by atoms with E-state index in [1.807, 2.05) is 6.92 Å². The van der Waals surface area contributed by atoms with Gasteiger partial charge in [0.25, 0.3) is 0 Å². The Morgan fingerprint density at radius 1 is 1.14 bits per heavy atom. The third kappa shape index (κ3) is 5.09. The number of carbonyl (C=O) groups excluding carboxylic acids is 1. The van der Waals surface area contributed by atoms with E-state index in [4.69, 9.17) is 5.11 Å². The first-order chi connectivity index (χ1) is 13.8. The highest BCUT2D eigenvalue weighted by atomic mass is 32.2. The van der Waals surface area contributed by atoms with E-state index in [2.05, 4.69) is 15.5 Å². The van der Waals surface area contributed by atoms with E-state index >= 15 is 0 Å². The minimum absolute atomic E-state index is 0.167. The van der Waals surface area contributed by atoms with Crippen LogP contribution in [-0.4, -0.2) is 42.0 Å². The van der Waals surface area contributed by atoms with Crippen LogP contribution < -0.4 is 5.32 Å². The van der Waals surface area contributed by atoms with Crippen LogP contribution in [0.25, 0.3) is 0 Å². The topological polar surface area (TPSA) is 125 Å². The number of amidine groups is 1. The predicted octanol–water partition coefficient (Wildman–Crippen LogP) is 2.22. The van der Waals surface area contributed by atoms with Crippen LogP contribution in [0.3, 0.4) is 0 Å². The van der Waals surface area contributed by atoms with Crippen molar-refractivity contribution in [3.63, 3.8) is 0 Å². The molecule has 1 amide bonds. The molecule has 0 aliphatic carbocycles. The molecule has 1 atom stereocenters. The Hall–Kier alpha value is -2.98. The highest BCUT2D eigenvalue weighted by Gasteiger charge is 2.32. The number of carboxylic acids is 1. The summed E-state index contributed by atoms with van der Waals surface area (Å²) in [5.41, 5.74) is 1.59. The quantitative estimate of drug-likeness (QED) is 0.534.